The van der Waals surface area contributed by atoms with Crippen LogP contribution in [-0.2, 0) is 11.3 Å². The van der Waals surface area contributed by atoms with Crippen LogP contribution in [0, 0.1) is 0 Å². The van der Waals surface area contributed by atoms with Gasteiger partial charge in [-0.1, -0.05) is 6.92 Å². The highest BCUT2D eigenvalue weighted by atomic mass is 16.2. The number of piperazine rings is 1. The molecule has 1 saturated heterocycles. The smallest absolute Gasteiger partial charge is 0.318 e. The molecule has 0 aromatic carbocycles. The van der Waals surface area contributed by atoms with E-state index >= 15 is 0 Å². The van der Waals surface area contributed by atoms with Gasteiger partial charge >= 0.3 is 6.03 Å². The van der Waals surface area contributed by atoms with Gasteiger partial charge < -0.3 is 15.5 Å². The number of rotatable bonds is 4. The molecule has 1 aliphatic rings. The SMILES string of the molecule is CC[C@@H]1C(=O)NCCN1C(=O)NCc1cnn(C(C)C)c1. The van der Waals surface area contributed by atoms with Crippen LogP contribution in [0.4, 0.5) is 4.79 Å². The van der Waals surface area contributed by atoms with E-state index in [9.17, 15) is 9.59 Å². The van der Waals surface area contributed by atoms with E-state index in [4.69, 9.17) is 0 Å². The summed E-state index contributed by atoms with van der Waals surface area (Å²) in [6.07, 6.45) is 4.29. The fraction of sp³-hybridized carbons (Fsp3) is 0.643. The minimum Gasteiger partial charge on any atom is -0.353 e. The number of carbonyl (C=O) groups excluding carboxylic acids is 2. The second-order valence-electron chi connectivity index (χ2n) is 5.49. The lowest BCUT2D eigenvalue weighted by atomic mass is 10.1. The molecule has 1 aliphatic heterocycles. The predicted molar refractivity (Wildman–Crippen MR) is 78.6 cm³/mol. The summed E-state index contributed by atoms with van der Waals surface area (Å²) in [5.41, 5.74) is 0.951. The van der Waals surface area contributed by atoms with Crippen LogP contribution >= 0.6 is 0 Å². The van der Waals surface area contributed by atoms with Crippen LogP contribution < -0.4 is 10.6 Å². The predicted octanol–water partition coefficient (Wildman–Crippen LogP) is 0.884. The Hall–Kier alpha value is -2.05. The van der Waals surface area contributed by atoms with Gasteiger partial charge in [0.2, 0.25) is 5.91 Å². The number of carbonyl (C=O) groups is 2. The lowest BCUT2D eigenvalue weighted by Crippen LogP contribution is -2.59. The molecule has 0 aliphatic carbocycles. The summed E-state index contributed by atoms with van der Waals surface area (Å²) in [5, 5.41) is 9.88. The summed E-state index contributed by atoms with van der Waals surface area (Å²) in [7, 11) is 0. The van der Waals surface area contributed by atoms with Gasteiger partial charge in [-0.25, -0.2) is 4.79 Å². The maximum absolute atomic E-state index is 12.2. The van der Waals surface area contributed by atoms with Crippen molar-refractivity contribution in [2.75, 3.05) is 13.1 Å². The van der Waals surface area contributed by atoms with E-state index in [1.54, 1.807) is 11.1 Å². The Morgan fingerprint density at radius 2 is 2.33 bits per heavy atom. The van der Waals surface area contributed by atoms with Crippen LogP contribution in [0.2, 0.25) is 0 Å². The zero-order chi connectivity index (χ0) is 15.4. The molecule has 0 unspecified atom stereocenters. The van der Waals surface area contributed by atoms with Gasteiger partial charge in [-0.3, -0.25) is 9.48 Å². The molecule has 3 amide bonds. The van der Waals surface area contributed by atoms with Crippen LogP contribution in [-0.4, -0.2) is 45.8 Å². The molecular weight excluding hydrogens is 270 g/mol. The largest absolute Gasteiger partial charge is 0.353 e. The van der Waals surface area contributed by atoms with Crippen molar-refractivity contribution in [3.05, 3.63) is 18.0 Å². The molecule has 0 spiro atoms. The molecule has 1 atom stereocenters. The number of aromatic nitrogens is 2. The van der Waals surface area contributed by atoms with E-state index in [-0.39, 0.29) is 18.0 Å². The second-order valence-corrected chi connectivity index (χ2v) is 5.49. The molecule has 0 bridgehead atoms. The number of amides is 3. The highest BCUT2D eigenvalue weighted by Gasteiger charge is 2.31. The highest BCUT2D eigenvalue weighted by molar-refractivity contribution is 5.88. The summed E-state index contributed by atoms with van der Waals surface area (Å²) < 4.78 is 1.85. The standard InChI is InChI=1S/C14H23N5O2/c1-4-12-13(20)15-5-6-18(12)14(21)16-7-11-8-17-19(9-11)10(2)3/h8-10,12H,4-7H2,1-3H3,(H,15,20)(H,16,21)/t12-/m1/s1. The maximum Gasteiger partial charge on any atom is 0.318 e. The van der Waals surface area contributed by atoms with E-state index in [1.165, 1.54) is 0 Å². The molecule has 0 radical (unpaired) electrons. The van der Waals surface area contributed by atoms with Gasteiger partial charge in [0.1, 0.15) is 6.04 Å². The fourth-order valence-electron chi connectivity index (χ4n) is 2.39. The summed E-state index contributed by atoms with van der Waals surface area (Å²) in [6, 6.07) is -0.282. The van der Waals surface area contributed by atoms with Gasteiger partial charge in [-0.15, -0.1) is 0 Å². The normalized spacial score (nSPS) is 18.8. The first-order valence-corrected chi connectivity index (χ1v) is 7.38. The first-order valence-electron chi connectivity index (χ1n) is 7.38. The van der Waals surface area contributed by atoms with E-state index < -0.39 is 0 Å². The van der Waals surface area contributed by atoms with Crippen molar-refractivity contribution < 1.29 is 9.59 Å². The van der Waals surface area contributed by atoms with Gasteiger partial charge in [-0.05, 0) is 20.3 Å². The monoisotopic (exact) mass is 293 g/mol. The van der Waals surface area contributed by atoms with Crippen LogP contribution in [0.25, 0.3) is 0 Å². The van der Waals surface area contributed by atoms with E-state index in [2.05, 4.69) is 15.7 Å². The quantitative estimate of drug-likeness (QED) is 0.865. The minimum atomic E-state index is -0.378. The maximum atomic E-state index is 12.2. The van der Waals surface area contributed by atoms with E-state index in [1.807, 2.05) is 31.6 Å². The molecule has 0 saturated carbocycles. The lowest BCUT2D eigenvalue weighted by molar-refractivity contribution is -0.127. The second kappa shape index (κ2) is 6.60. The first-order chi connectivity index (χ1) is 10.0. The van der Waals surface area contributed by atoms with Crippen molar-refractivity contribution in [1.82, 2.24) is 25.3 Å². The molecule has 2 rings (SSSR count). The Morgan fingerprint density at radius 3 is 2.95 bits per heavy atom. The molecule has 7 heteroatoms. The van der Waals surface area contributed by atoms with Crippen LogP contribution in [0.5, 0.6) is 0 Å². The Bertz CT molecular complexity index is 511. The number of nitrogens with zero attached hydrogens (tertiary/aromatic N) is 3. The molecular formula is C14H23N5O2. The van der Waals surface area contributed by atoms with Gasteiger partial charge in [0.05, 0.1) is 6.20 Å². The summed E-state index contributed by atoms with van der Waals surface area (Å²) in [6.45, 7) is 7.47. The fourth-order valence-corrected chi connectivity index (χ4v) is 2.39. The van der Waals surface area contributed by atoms with Crippen molar-refractivity contribution >= 4 is 11.9 Å². The van der Waals surface area contributed by atoms with Crippen molar-refractivity contribution in [2.24, 2.45) is 0 Å². The van der Waals surface area contributed by atoms with Gasteiger partial charge in [0, 0.05) is 37.4 Å². The zero-order valence-corrected chi connectivity index (χ0v) is 12.8. The highest BCUT2D eigenvalue weighted by Crippen LogP contribution is 2.09. The van der Waals surface area contributed by atoms with Crippen LogP contribution in [0.15, 0.2) is 12.4 Å². The average Bonchev–Trinajstić information content (AvgIpc) is 2.93. The summed E-state index contributed by atoms with van der Waals surface area (Å²) >= 11 is 0. The van der Waals surface area contributed by atoms with E-state index in [0.717, 1.165) is 5.56 Å². The molecule has 7 nitrogen and oxygen atoms in total. The van der Waals surface area contributed by atoms with E-state index in [0.29, 0.717) is 32.1 Å². The van der Waals surface area contributed by atoms with Crippen molar-refractivity contribution in [3.63, 3.8) is 0 Å². The molecule has 2 N–H and O–H groups in total. The van der Waals surface area contributed by atoms with Crippen LogP contribution in [0.3, 0.4) is 0 Å². The third-order valence-corrected chi connectivity index (χ3v) is 3.61. The van der Waals surface area contributed by atoms with Crippen LogP contribution in [0.1, 0.15) is 38.8 Å². The number of nitrogens with one attached hydrogen (secondary N) is 2. The van der Waals surface area contributed by atoms with Crippen molar-refractivity contribution in [2.45, 2.75) is 45.8 Å². The van der Waals surface area contributed by atoms with Crippen molar-refractivity contribution in [3.8, 4) is 0 Å². The van der Waals surface area contributed by atoms with Crippen molar-refractivity contribution in [1.29, 1.82) is 0 Å². The third kappa shape index (κ3) is 3.53. The van der Waals surface area contributed by atoms with Gasteiger partial charge in [0.15, 0.2) is 0 Å². The van der Waals surface area contributed by atoms with Gasteiger partial charge in [0.25, 0.3) is 0 Å². The molecule has 2 heterocycles. The summed E-state index contributed by atoms with van der Waals surface area (Å²) in [4.78, 5) is 25.6. The van der Waals surface area contributed by atoms with Gasteiger partial charge in [-0.2, -0.15) is 5.10 Å². The molecule has 1 fully saturated rings. The minimum absolute atomic E-state index is 0.0773. The Morgan fingerprint density at radius 1 is 1.57 bits per heavy atom. The zero-order valence-electron chi connectivity index (χ0n) is 12.8. The third-order valence-electron chi connectivity index (χ3n) is 3.61. The molecule has 21 heavy (non-hydrogen) atoms. The first kappa shape index (κ1) is 15.3. The number of hydrogen-bond acceptors (Lipinski definition) is 3. The number of urea groups is 1. The number of hydrogen-bond donors (Lipinski definition) is 2. The lowest BCUT2D eigenvalue weighted by Gasteiger charge is -2.34. The Balaban J connectivity index is 1.92. The molecule has 116 valence electrons. The average molecular weight is 293 g/mol. The molecule has 1 aromatic heterocycles. The topological polar surface area (TPSA) is 79.3 Å². The Kier molecular flexibility index (Phi) is 4.82. The summed E-state index contributed by atoms with van der Waals surface area (Å²) in [5.74, 6) is -0.0773. The Labute approximate surface area is 124 Å². The molecule has 1 aromatic rings.